The molecule has 0 radical (unpaired) electrons. The number of hydrogen-bond donors (Lipinski definition) is 0. The molecular formula is C26H50O2. The average Bonchev–Trinajstić information content (AvgIpc) is 2.71. The molecule has 0 saturated carbocycles. The van der Waals surface area contributed by atoms with Crippen molar-refractivity contribution in [2.75, 3.05) is 13.2 Å². The Labute approximate surface area is 177 Å². The van der Waals surface area contributed by atoms with Gasteiger partial charge in [0.05, 0.1) is 0 Å². The zero-order chi connectivity index (χ0) is 20.5. The molecule has 0 aromatic rings. The molecule has 166 valence electrons. The lowest BCUT2D eigenvalue weighted by Crippen LogP contribution is -2.19. The second-order valence-corrected chi connectivity index (χ2v) is 8.01. The normalized spacial score (nSPS) is 11.7. The Kier molecular flexibility index (Phi) is 23.9. The monoisotopic (exact) mass is 394 g/mol. The van der Waals surface area contributed by atoms with Crippen molar-refractivity contribution in [3.63, 3.8) is 0 Å². The van der Waals surface area contributed by atoms with Crippen LogP contribution in [0.3, 0.4) is 0 Å². The highest BCUT2D eigenvalue weighted by molar-refractivity contribution is 4.96. The molecule has 2 heteroatoms. The third-order valence-electron chi connectivity index (χ3n) is 5.19. The van der Waals surface area contributed by atoms with Gasteiger partial charge in [0.25, 0.3) is 0 Å². The van der Waals surface area contributed by atoms with Crippen LogP contribution in [-0.4, -0.2) is 19.5 Å². The molecule has 0 bridgehead atoms. The molecule has 0 heterocycles. The number of rotatable bonds is 23. The summed E-state index contributed by atoms with van der Waals surface area (Å²) in [5, 5.41) is 0. The second-order valence-electron chi connectivity index (χ2n) is 8.01. The third kappa shape index (κ3) is 21.7. The van der Waals surface area contributed by atoms with Crippen molar-refractivity contribution in [2.24, 2.45) is 0 Å². The largest absolute Gasteiger partial charge is 0.353 e. The Morgan fingerprint density at radius 2 is 1.14 bits per heavy atom. The molecule has 0 amide bonds. The van der Waals surface area contributed by atoms with Gasteiger partial charge in [0.1, 0.15) is 0 Å². The molecule has 0 aliphatic heterocycles. The molecule has 0 fully saturated rings. The van der Waals surface area contributed by atoms with E-state index in [-0.39, 0.29) is 6.29 Å². The van der Waals surface area contributed by atoms with E-state index in [1.807, 2.05) is 12.2 Å². The van der Waals surface area contributed by atoms with Crippen LogP contribution in [0.2, 0.25) is 0 Å². The molecule has 0 aromatic carbocycles. The first-order valence-corrected chi connectivity index (χ1v) is 12.4. The topological polar surface area (TPSA) is 18.5 Å². The van der Waals surface area contributed by atoms with Crippen LogP contribution in [0.1, 0.15) is 123 Å². The highest BCUT2D eigenvalue weighted by atomic mass is 16.7. The van der Waals surface area contributed by atoms with Crippen LogP contribution < -0.4 is 0 Å². The van der Waals surface area contributed by atoms with E-state index in [2.05, 4.69) is 26.5 Å². The van der Waals surface area contributed by atoms with Crippen molar-refractivity contribution < 1.29 is 9.47 Å². The highest BCUT2D eigenvalue weighted by Gasteiger charge is 2.09. The molecular weight excluding hydrogens is 344 g/mol. The summed E-state index contributed by atoms with van der Waals surface area (Å²) in [6.45, 7) is 9.93. The minimum absolute atomic E-state index is 0.0277. The van der Waals surface area contributed by atoms with E-state index in [4.69, 9.17) is 9.47 Å². The molecule has 0 aliphatic rings. The second kappa shape index (κ2) is 24.4. The average molecular weight is 395 g/mol. The molecule has 2 nitrogen and oxygen atoms in total. The van der Waals surface area contributed by atoms with Gasteiger partial charge >= 0.3 is 0 Å². The van der Waals surface area contributed by atoms with Crippen molar-refractivity contribution in [1.29, 1.82) is 0 Å². The Balaban J connectivity index is 3.71. The molecule has 0 rings (SSSR count). The first-order chi connectivity index (χ1) is 13.8. The van der Waals surface area contributed by atoms with E-state index >= 15 is 0 Å². The maximum Gasteiger partial charge on any atom is 0.157 e. The van der Waals surface area contributed by atoms with Gasteiger partial charge in [-0.2, -0.15) is 0 Å². The van der Waals surface area contributed by atoms with E-state index in [0.29, 0.717) is 0 Å². The van der Waals surface area contributed by atoms with Gasteiger partial charge in [0.2, 0.25) is 0 Å². The summed E-state index contributed by atoms with van der Waals surface area (Å²) in [6.07, 6.45) is 27.8. The van der Waals surface area contributed by atoms with Crippen LogP contribution >= 0.6 is 0 Å². The van der Waals surface area contributed by atoms with Gasteiger partial charge in [-0.1, -0.05) is 109 Å². The third-order valence-corrected chi connectivity index (χ3v) is 5.19. The number of unbranched alkanes of at least 4 members (excludes halogenated alkanes) is 13. The summed E-state index contributed by atoms with van der Waals surface area (Å²) in [5.74, 6) is 0. The number of hydrogen-bond acceptors (Lipinski definition) is 2. The Bertz CT molecular complexity index is 310. The molecule has 0 spiro atoms. The van der Waals surface area contributed by atoms with Gasteiger partial charge in [-0.25, -0.2) is 0 Å². The van der Waals surface area contributed by atoms with Gasteiger partial charge in [0.15, 0.2) is 6.29 Å². The molecule has 0 aliphatic carbocycles. The quantitative estimate of drug-likeness (QED) is 0.0979. The standard InChI is InChI=1S/C26H50O2/c1-4-7-10-13-14-15-16-17-18-19-20-23-26(27-24-21-11-8-5-2)28-25-22-12-9-6-3/h4,7,10,26H,1,5-6,8-9,11-25H2,2-3H3/b10-7+. The maximum atomic E-state index is 6.05. The molecule has 0 atom stereocenters. The number of allylic oxidation sites excluding steroid dienone is 3. The lowest BCUT2D eigenvalue weighted by molar-refractivity contribution is -0.148. The minimum Gasteiger partial charge on any atom is -0.353 e. The predicted octanol–water partition coefficient (Wildman–Crippen LogP) is 8.76. The minimum atomic E-state index is 0.0277. The van der Waals surface area contributed by atoms with Crippen molar-refractivity contribution in [3.8, 4) is 0 Å². The van der Waals surface area contributed by atoms with Crippen LogP contribution in [-0.2, 0) is 9.47 Å². The molecule has 0 saturated heterocycles. The Hall–Kier alpha value is -0.600. The van der Waals surface area contributed by atoms with E-state index in [0.717, 1.165) is 19.6 Å². The molecule has 0 unspecified atom stereocenters. The Morgan fingerprint density at radius 3 is 1.68 bits per heavy atom. The lowest BCUT2D eigenvalue weighted by atomic mass is 10.1. The van der Waals surface area contributed by atoms with Gasteiger partial charge in [-0.15, -0.1) is 0 Å². The van der Waals surface area contributed by atoms with E-state index < -0.39 is 0 Å². The molecule has 28 heavy (non-hydrogen) atoms. The van der Waals surface area contributed by atoms with Crippen LogP contribution in [0.5, 0.6) is 0 Å². The smallest absolute Gasteiger partial charge is 0.157 e. The summed E-state index contributed by atoms with van der Waals surface area (Å²) in [4.78, 5) is 0. The van der Waals surface area contributed by atoms with Crippen molar-refractivity contribution in [2.45, 2.75) is 129 Å². The van der Waals surface area contributed by atoms with Crippen LogP contribution in [0.25, 0.3) is 0 Å². The highest BCUT2D eigenvalue weighted by Crippen LogP contribution is 2.14. The molecule has 0 N–H and O–H groups in total. The van der Waals surface area contributed by atoms with Gasteiger partial charge in [0, 0.05) is 13.2 Å². The fraction of sp³-hybridized carbons (Fsp3) is 0.846. The van der Waals surface area contributed by atoms with E-state index in [9.17, 15) is 0 Å². The van der Waals surface area contributed by atoms with E-state index in [1.54, 1.807) is 0 Å². The van der Waals surface area contributed by atoms with Gasteiger partial charge < -0.3 is 9.47 Å². The summed E-state index contributed by atoms with van der Waals surface area (Å²) in [6, 6.07) is 0. The van der Waals surface area contributed by atoms with Crippen molar-refractivity contribution >= 4 is 0 Å². The SMILES string of the molecule is C=C/C=C/CCCCCCCCCC(OCCCCCC)OCCCCCC. The fourth-order valence-corrected chi connectivity index (χ4v) is 3.35. The Morgan fingerprint density at radius 1 is 0.643 bits per heavy atom. The summed E-state index contributed by atoms with van der Waals surface area (Å²) >= 11 is 0. The summed E-state index contributed by atoms with van der Waals surface area (Å²) in [7, 11) is 0. The molecule has 0 aromatic heterocycles. The van der Waals surface area contributed by atoms with Gasteiger partial charge in [-0.05, 0) is 38.5 Å². The number of ether oxygens (including phenoxy) is 2. The maximum absolute atomic E-state index is 6.05. The zero-order valence-corrected chi connectivity index (χ0v) is 19.3. The first kappa shape index (κ1) is 27.4. The summed E-state index contributed by atoms with van der Waals surface area (Å²) < 4.78 is 12.1. The van der Waals surface area contributed by atoms with Crippen molar-refractivity contribution in [3.05, 3.63) is 24.8 Å². The predicted molar refractivity (Wildman–Crippen MR) is 125 cm³/mol. The van der Waals surface area contributed by atoms with Gasteiger partial charge in [-0.3, -0.25) is 0 Å². The van der Waals surface area contributed by atoms with Crippen molar-refractivity contribution in [1.82, 2.24) is 0 Å². The zero-order valence-electron chi connectivity index (χ0n) is 19.3. The van der Waals surface area contributed by atoms with E-state index in [1.165, 1.54) is 103 Å². The van der Waals surface area contributed by atoms with Crippen LogP contribution in [0, 0.1) is 0 Å². The van der Waals surface area contributed by atoms with Crippen LogP contribution in [0.15, 0.2) is 24.8 Å². The first-order valence-electron chi connectivity index (χ1n) is 12.4. The van der Waals surface area contributed by atoms with Crippen LogP contribution in [0.4, 0.5) is 0 Å². The fourth-order valence-electron chi connectivity index (χ4n) is 3.35. The lowest BCUT2D eigenvalue weighted by Gasteiger charge is -2.19. The summed E-state index contributed by atoms with van der Waals surface area (Å²) in [5.41, 5.74) is 0.